The van der Waals surface area contributed by atoms with Crippen molar-refractivity contribution in [1.29, 1.82) is 0 Å². The van der Waals surface area contributed by atoms with Gasteiger partial charge < -0.3 is 10.6 Å². The van der Waals surface area contributed by atoms with Gasteiger partial charge in [-0.05, 0) is 25.5 Å². The van der Waals surface area contributed by atoms with E-state index in [0.717, 1.165) is 19.5 Å². The number of amides is 1. The number of anilines is 1. The van der Waals surface area contributed by atoms with Crippen molar-refractivity contribution >= 4 is 11.7 Å². The van der Waals surface area contributed by atoms with Gasteiger partial charge in [0.1, 0.15) is 5.82 Å². The van der Waals surface area contributed by atoms with Gasteiger partial charge in [-0.25, -0.2) is 4.98 Å². The summed E-state index contributed by atoms with van der Waals surface area (Å²) in [5.74, 6) is 0.618. The molecule has 0 aliphatic rings. The van der Waals surface area contributed by atoms with Crippen molar-refractivity contribution < 1.29 is 4.79 Å². The zero-order valence-electron chi connectivity index (χ0n) is 11.4. The number of carbonyl (C=O) groups is 1. The number of nitrogens with one attached hydrogen (secondary N) is 2. The minimum atomic E-state index is -0.0925. The molecule has 0 saturated heterocycles. The molecule has 2 N–H and O–H groups in total. The van der Waals surface area contributed by atoms with Gasteiger partial charge in [-0.3, -0.25) is 9.48 Å². The fraction of sp³-hybridized carbons (Fsp3) is 0.385. The van der Waals surface area contributed by atoms with Crippen LogP contribution in [0.15, 0.2) is 30.7 Å². The lowest BCUT2D eigenvalue weighted by molar-refractivity contribution is 0.0952. The van der Waals surface area contributed by atoms with E-state index in [4.69, 9.17) is 0 Å². The number of carbonyl (C=O) groups excluding carboxylic acids is 1. The zero-order valence-corrected chi connectivity index (χ0v) is 11.4. The van der Waals surface area contributed by atoms with Crippen molar-refractivity contribution in [2.45, 2.75) is 19.9 Å². The molecule has 2 heterocycles. The van der Waals surface area contributed by atoms with Crippen molar-refractivity contribution in [1.82, 2.24) is 25.3 Å². The molecule has 0 aliphatic heterocycles. The van der Waals surface area contributed by atoms with Gasteiger partial charge in [0.25, 0.3) is 5.91 Å². The molecule has 0 spiro atoms. The van der Waals surface area contributed by atoms with Crippen LogP contribution in [0.1, 0.15) is 23.7 Å². The highest BCUT2D eigenvalue weighted by Gasteiger charge is 2.05. The third-order valence-electron chi connectivity index (χ3n) is 2.70. The van der Waals surface area contributed by atoms with E-state index in [2.05, 4.69) is 25.9 Å². The van der Waals surface area contributed by atoms with Gasteiger partial charge in [0, 0.05) is 37.6 Å². The summed E-state index contributed by atoms with van der Waals surface area (Å²) in [5, 5.41) is 13.5. The van der Waals surface area contributed by atoms with Gasteiger partial charge in [-0.2, -0.15) is 0 Å². The fourth-order valence-corrected chi connectivity index (χ4v) is 1.75. The molecule has 0 saturated carbocycles. The Balaban J connectivity index is 1.78. The molecule has 0 fully saturated rings. The van der Waals surface area contributed by atoms with Crippen LogP contribution in [0.2, 0.25) is 0 Å². The predicted octanol–water partition coefficient (Wildman–Crippen LogP) is 0.925. The molecule has 0 aliphatic carbocycles. The molecule has 0 aromatic carbocycles. The van der Waals surface area contributed by atoms with Gasteiger partial charge in [0.05, 0.1) is 6.20 Å². The topological polar surface area (TPSA) is 84.7 Å². The minimum absolute atomic E-state index is 0.0925. The van der Waals surface area contributed by atoms with E-state index in [-0.39, 0.29) is 5.91 Å². The number of aromatic nitrogens is 4. The molecule has 7 nitrogen and oxygen atoms in total. The first-order chi connectivity index (χ1) is 9.79. The maximum atomic E-state index is 12.0. The summed E-state index contributed by atoms with van der Waals surface area (Å²) in [5.41, 5.74) is 0.608. The Kier molecular flexibility index (Phi) is 5.05. The average Bonchev–Trinajstić information content (AvgIpc) is 2.97. The number of pyridine rings is 1. The predicted molar refractivity (Wildman–Crippen MR) is 75.4 cm³/mol. The highest BCUT2D eigenvalue weighted by Crippen LogP contribution is 2.06. The highest BCUT2D eigenvalue weighted by atomic mass is 16.1. The standard InChI is InChI=1S/C13H18N6O/c1-2-14-12-10-11(4-6-15-12)13(20)16-5-3-8-19-9-7-17-18-19/h4,6-7,9-10H,2-3,5,8H2,1H3,(H,14,15)(H,16,20). The summed E-state index contributed by atoms with van der Waals surface area (Å²) in [7, 11) is 0. The van der Waals surface area contributed by atoms with Crippen molar-refractivity contribution in [3.05, 3.63) is 36.3 Å². The lowest BCUT2D eigenvalue weighted by Crippen LogP contribution is -2.25. The van der Waals surface area contributed by atoms with Crippen LogP contribution in [0.5, 0.6) is 0 Å². The minimum Gasteiger partial charge on any atom is -0.370 e. The van der Waals surface area contributed by atoms with Gasteiger partial charge in [-0.1, -0.05) is 5.21 Å². The summed E-state index contributed by atoms with van der Waals surface area (Å²) in [4.78, 5) is 16.1. The lowest BCUT2D eigenvalue weighted by atomic mass is 10.2. The maximum absolute atomic E-state index is 12.0. The summed E-state index contributed by atoms with van der Waals surface area (Å²) in [6, 6.07) is 3.45. The molecule has 0 atom stereocenters. The fourth-order valence-electron chi connectivity index (χ4n) is 1.75. The highest BCUT2D eigenvalue weighted by molar-refractivity contribution is 5.94. The molecule has 0 radical (unpaired) electrons. The third-order valence-corrected chi connectivity index (χ3v) is 2.70. The summed E-state index contributed by atoms with van der Waals surface area (Å²) in [6.07, 6.45) is 5.87. The van der Waals surface area contributed by atoms with Gasteiger partial charge in [0.15, 0.2) is 0 Å². The molecule has 1 amide bonds. The second-order valence-corrected chi connectivity index (χ2v) is 4.24. The normalized spacial score (nSPS) is 10.2. The van der Waals surface area contributed by atoms with Crippen LogP contribution >= 0.6 is 0 Å². The van der Waals surface area contributed by atoms with Crippen molar-refractivity contribution in [3.8, 4) is 0 Å². The van der Waals surface area contributed by atoms with Gasteiger partial charge >= 0.3 is 0 Å². The van der Waals surface area contributed by atoms with E-state index >= 15 is 0 Å². The van der Waals surface area contributed by atoms with Gasteiger partial charge in [-0.15, -0.1) is 5.10 Å². The van der Waals surface area contributed by atoms with Crippen LogP contribution in [0, 0.1) is 0 Å². The van der Waals surface area contributed by atoms with E-state index < -0.39 is 0 Å². The molecule has 0 bridgehead atoms. The summed E-state index contributed by atoms with van der Waals surface area (Å²) in [6.45, 7) is 4.09. The van der Waals surface area contributed by atoms with E-state index in [1.54, 1.807) is 35.4 Å². The van der Waals surface area contributed by atoms with Crippen LogP contribution in [0.4, 0.5) is 5.82 Å². The van der Waals surface area contributed by atoms with Crippen LogP contribution < -0.4 is 10.6 Å². The Bertz CT molecular complexity index is 540. The number of rotatable bonds is 7. The molecule has 2 rings (SSSR count). The van der Waals surface area contributed by atoms with E-state index in [1.807, 2.05) is 6.92 Å². The van der Waals surface area contributed by atoms with Crippen LogP contribution in [-0.2, 0) is 6.54 Å². The largest absolute Gasteiger partial charge is 0.370 e. The van der Waals surface area contributed by atoms with Crippen LogP contribution in [-0.4, -0.2) is 39.0 Å². The zero-order chi connectivity index (χ0) is 14.2. The second-order valence-electron chi connectivity index (χ2n) is 4.24. The third kappa shape index (κ3) is 4.04. The van der Waals surface area contributed by atoms with Crippen LogP contribution in [0.25, 0.3) is 0 Å². The molecule has 2 aromatic rings. The monoisotopic (exact) mass is 274 g/mol. The Morgan fingerprint density at radius 2 is 2.30 bits per heavy atom. The Morgan fingerprint density at radius 1 is 1.40 bits per heavy atom. The lowest BCUT2D eigenvalue weighted by Gasteiger charge is -2.07. The Labute approximate surface area is 117 Å². The van der Waals surface area contributed by atoms with E-state index in [1.165, 1.54) is 0 Å². The Hall–Kier alpha value is -2.44. The molecular formula is C13H18N6O. The molecule has 20 heavy (non-hydrogen) atoms. The maximum Gasteiger partial charge on any atom is 0.251 e. The molecular weight excluding hydrogens is 256 g/mol. The molecule has 7 heteroatoms. The number of nitrogens with zero attached hydrogens (tertiary/aromatic N) is 4. The molecule has 0 unspecified atom stereocenters. The van der Waals surface area contributed by atoms with Crippen molar-refractivity contribution in [2.24, 2.45) is 0 Å². The average molecular weight is 274 g/mol. The second kappa shape index (κ2) is 7.22. The summed E-state index contributed by atoms with van der Waals surface area (Å²) < 4.78 is 1.74. The molecule has 2 aromatic heterocycles. The van der Waals surface area contributed by atoms with E-state index in [9.17, 15) is 4.79 Å². The first-order valence-electron chi connectivity index (χ1n) is 6.62. The summed E-state index contributed by atoms with van der Waals surface area (Å²) >= 11 is 0. The Morgan fingerprint density at radius 3 is 3.05 bits per heavy atom. The number of hydrogen-bond donors (Lipinski definition) is 2. The quantitative estimate of drug-likeness (QED) is 0.734. The van der Waals surface area contributed by atoms with Crippen molar-refractivity contribution in [2.75, 3.05) is 18.4 Å². The first kappa shape index (κ1) is 14.0. The SMILES string of the molecule is CCNc1cc(C(=O)NCCCn2ccnn2)ccn1. The smallest absolute Gasteiger partial charge is 0.251 e. The van der Waals surface area contributed by atoms with Crippen LogP contribution in [0.3, 0.4) is 0 Å². The van der Waals surface area contributed by atoms with E-state index in [0.29, 0.717) is 17.9 Å². The number of hydrogen-bond acceptors (Lipinski definition) is 5. The molecule has 106 valence electrons. The van der Waals surface area contributed by atoms with Crippen molar-refractivity contribution in [3.63, 3.8) is 0 Å². The first-order valence-corrected chi connectivity index (χ1v) is 6.62. The van der Waals surface area contributed by atoms with Gasteiger partial charge in [0.2, 0.25) is 0 Å². The number of aryl methyl sites for hydroxylation is 1.